The van der Waals surface area contributed by atoms with Gasteiger partial charge in [0.2, 0.25) is 5.91 Å². The van der Waals surface area contributed by atoms with E-state index in [0.29, 0.717) is 19.0 Å². The van der Waals surface area contributed by atoms with Crippen molar-refractivity contribution in [1.29, 1.82) is 0 Å². The molecule has 0 saturated carbocycles. The number of carbonyl (C=O) groups excluding carboxylic acids is 2. The highest BCUT2D eigenvalue weighted by Gasteiger charge is 2.33. The number of esters is 1. The summed E-state index contributed by atoms with van der Waals surface area (Å²) in [4.78, 5) is 25.2. The van der Waals surface area contributed by atoms with Crippen molar-refractivity contribution < 1.29 is 19.1 Å². The van der Waals surface area contributed by atoms with Gasteiger partial charge < -0.3 is 20.1 Å². The molecule has 1 saturated heterocycles. The van der Waals surface area contributed by atoms with Crippen LogP contribution in [0.3, 0.4) is 0 Å². The number of morpholine rings is 1. The molecule has 0 aromatic carbocycles. The summed E-state index contributed by atoms with van der Waals surface area (Å²) in [6, 6.07) is 0.906. The van der Waals surface area contributed by atoms with E-state index in [4.69, 9.17) is 10.5 Å². The molecule has 1 unspecified atom stereocenters. The summed E-state index contributed by atoms with van der Waals surface area (Å²) < 4.78 is 11.3. The SMILES string of the molecule is COC(=O)C1COCCN1C(=O)Cn1ccc(N)n1. The van der Waals surface area contributed by atoms with Crippen molar-refractivity contribution >= 4 is 17.7 Å². The second kappa shape index (κ2) is 5.70. The second-order valence-corrected chi connectivity index (χ2v) is 4.14. The highest BCUT2D eigenvalue weighted by atomic mass is 16.5. The van der Waals surface area contributed by atoms with Crippen LogP contribution in [0.5, 0.6) is 0 Å². The number of methoxy groups -OCH3 is 1. The van der Waals surface area contributed by atoms with Gasteiger partial charge in [0.25, 0.3) is 0 Å². The number of hydrogen-bond acceptors (Lipinski definition) is 6. The predicted molar refractivity (Wildman–Crippen MR) is 65.0 cm³/mol. The van der Waals surface area contributed by atoms with Gasteiger partial charge >= 0.3 is 5.97 Å². The van der Waals surface area contributed by atoms with E-state index in [-0.39, 0.29) is 19.1 Å². The number of carbonyl (C=O) groups is 2. The van der Waals surface area contributed by atoms with E-state index in [1.54, 1.807) is 12.3 Å². The highest BCUT2D eigenvalue weighted by molar-refractivity contribution is 5.84. The van der Waals surface area contributed by atoms with Gasteiger partial charge in [0.15, 0.2) is 6.04 Å². The molecule has 1 amide bonds. The monoisotopic (exact) mass is 268 g/mol. The first-order chi connectivity index (χ1) is 9.11. The van der Waals surface area contributed by atoms with Gasteiger partial charge in [0.1, 0.15) is 12.4 Å². The summed E-state index contributed by atoms with van der Waals surface area (Å²) in [7, 11) is 1.29. The smallest absolute Gasteiger partial charge is 0.331 e. The van der Waals surface area contributed by atoms with E-state index in [1.807, 2.05) is 0 Å². The summed E-state index contributed by atoms with van der Waals surface area (Å²) in [5.74, 6) is -0.353. The summed E-state index contributed by atoms with van der Waals surface area (Å²) in [6.45, 7) is 0.945. The first-order valence-electron chi connectivity index (χ1n) is 5.86. The van der Waals surface area contributed by atoms with Crippen LogP contribution in [0, 0.1) is 0 Å². The van der Waals surface area contributed by atoms with Crippen molar-refractivity contribution in [3.05, 3.63) is 12.3 Å². The number of nitrogen functional groups attached to an aromatic ring is 1. The number of nitrogens with zero attached hydrogens (tertiary/aromatic N) is 3. The van der Waals surface area contributed by atoms with Crippen LogP contribution in [0.1, 0.15) is 0 Å². The lowest BCUT2D eigenvalue weighted by Gasteiger charge is -2.33. The largest absolute Gasteiger partial charge is 0.467 e. The Bertz CT molecular complexity index is 473. The van der Waals surface area contributed by atoms with Crippen LogP contribution in [-0.2, 0) is 25.6 Å². The van der Waals surface area contributed by atoms with E-state index in [2.05, 4.69) is 9.84 Å². The Morgan fingerprint density at radius 1 is 1.63 bits per heavy atom. The quantitative estimate of drug-likeness (QED) is 0.696. The molecule has 1 aliphatic rings. The molecule has 1 aromatic rings. The van der Waals surface area contributed by atoms with E-state index >= 15 is 0 Å². The minimum absolute atomic E-state index is 0.0324. The third-order valence-corrected chi connectivity index (χ3v) is 2.88. The van der Waals surface area contributed by atoms with Crippen LogP contribution >= 0.6 is 0 Å². The Morgan fingerprint density at radius 3 is 3.05 bits per heavy atom. The molecule has 1 atom stereocenters. The number of anilines is 1. The molecule has 1 aromatic heterocycles. The normalized spacial score (nSPS) is 19.2. The molecule has 2 N–H and O–H groups in total. The van der Waals surface area contributed by atoms with Crippen molar-refractivity contribution in [1.82, 2.24) is 14.7 Å². The van der Waals surface area contributed by atoms with E-state index < -0.39 is 12.0 Å². The van der Waals surface area contributed by atoms with Gasteiger partial charge in [-0.1, -0.05) is 0 Å². The zero-order valence-electron chi connectivity index (χ0n) is 10.6. The van der Waals surface area contributed by atoms with Gasteiger partial charge in [-0.15, -0.1) is 0 Å². The Morgan fingerprint density at radius 2 is 2.42 bits per heavy atom. The summed E-state index contributed by atoms with van der Waals surface area (Å²) in [6.07, 6.45) is 1.61. The Hall–Kier alpha value is -2.09. The topological polar surface area (TPSA) is 99.7 Å². The maximum Gasteiger partial charge on any atom is 0.331 e. The average molecular weight is 268 g/mol. The molecule has 19 heavy (non-hydrogen) atoms. The molecule has 0 spiro atoms. The van der Waals surface area contributed by atoms with Crippen LogP contribution in [-0.4, -0.2) is 59.5 Å². The Kier molecular flexibility index (Phi) is 4.00. The molecule has 8 heteroatoms. The predicted octanol–water partition coefficient (Wildman–Crippen LogP) is -1.13. The maximum atomic E-state index is 12.2. The van der Waals surface area contributed by atoms with Crippen LogP contribution in [0.15, 0.2) is 12.3 Å². The molecule has 0 bridgehead atoms. The zero-order valence-corrected chi connectivity index (χ0v) is 10.6. The Labute approximate surface area is 110 Å². The lowest BCUT2D eigenvalue weighted by molar-refractivity contribution is -0.161. The fourth-order valence-electron chi connectivity index (χ4n) is 1.93. The van der Waals surface area contributed by atoms with E-state index in [1.165, 1.54) is 16.7 Å². The summed E-state index contributed by atoms with van der Waals surface area (Å²) >= 11 is 0. The van der Waals surface area contributed by atoms with Crippen molar-refractivity contribution in [3.63, 3.8) is 0 Å². The van der Waals surface area contributed by atoms with Gasteiger partial charge in [-0.25, -0.2) is 4.79 Å². The van der Waals surface area contributed by atoms with Gasteiger partial charge in [0.05, 0.1) is 20.3 Å². The molecule has 2 rings (SSSR count). The summed E-state index contributed by atoms with van der Waals surface area (Å²) in [5.41, 5.74) is 5.48. The minimum atomic E-state index is -0.695. The second-order valence-electron chi connectivity index (χ2n) is 4.14. The third-order valence-electron chi connectivity index (χ3n) is 2.88. The van der Waals surface area contributed by atoms with Gasteiger partial charge in [0, 0.05) is 12.7 Å². The number of hydrogen-bond donors (Lipinski definition) is 1. The van der Waals surface area contributed by atoms with Gasteiger partial charge in [-0.05, 0) is 6.07 Å². The fourth-order valence-corrected chi connectivity index (χ4v) is 1.93. The maximum absolute atomic E-state index is 12.2. The molecule has 1 aliphatic heterocycles. The van der Waals surface area contributed by atoms with Crippen LogP contribution in [0.2, 0.25) is 0 Å². The van der Waals surface area contributed by atoms with E-state index in [0.717, 1.165) is 0 Å². The molecule has 0 radical (unpaired) electrons. The van der Waals surface area contributed by atoms with E-state index in [9.17, 15) is 9.59 Å². The fraction of sp³-hybridized carbons (Fsp3) is 0.545. The number of ether oxygens (including phenoxy) is 2. The molecule has 2 heterocycles. The first kappa shape index (κ1) is 13.3. The molecule has 104 valence electrons. The third kappa shape index (κ3) is 3.02. The number of amides is 1. The van der Waals surface area contributed by atoms with Gasteiger partial charge in [-0.3, -0.25) is 9.48 Å². The van der Waals surface area contributed by atoms with Crippen molar-refractivity contribution in [3.8, 4) is 0 Å². The summed E-state index contributed by atoms with van der Waals surface area (Å²) in [5, 5.41) is 3.94. The first-order valence-corrected chi connectivity index (χ1v) is 5.86. The van der Waals surface area contributed by atoms with Crippen LogP contribution in [0.4, 0.5) is 5.82 Å². The number of rotatable bonds is 3. The average Bonchev–Trinajstić information content (AvgIpc) is 2.83. The van der Waals surface area contributed by atoms with Crippen LogP contribution < -0.4 is 5.73 Å². The molecule has 8 nitrogen and oxygen atoms in total. The molecular formula is C11H16N4O4. The highest BCUT2D eigenvalue weighted by Crippen LogP contribution is 2.10. The molecular weight excluding hydrogens is 252 g/mol. The van der Waals surface area contributed by atoms with Crippen molar-refractivity contribution in [2.45, 2.75) is 12.6 Å². The standard InChI is InChI=1S/C11H16N4O4/c1-18-11(17)8-7-19-5-4-15(8)10(16)6-14-3-2-9(12)13-14/h2-3,8H,4-7H2,1H3,(H2,12,13). The molecule has 1 fully saturated rings. The lowest BCUT2D eigenvalue weighted by Crippen LogP contribution is -2.53. The van der Waals surface area contributed by atoms with Gasteiger partial charge in [-0.2, -0.15) is 5.10 Å². The molecule has 0 aliphatic carbocycles. The van der Waals surface area contributed by atoms with Crippen molar-refractivity contribution in [2.75, 3.05) is 32.6 Å². The van der Waals surface area contributed by atoms with Crippen molar-refractivity contribution in [2.24, 2.45) is 0 Å². The zero-order chi connectivity index (χ0) is 13.8. The Balaban J connectivity index is 2.05. The number of aromatic nitrogens is 2. The number of nitrogens with two attached hydrogens (primary N) is 1. The lowest BCUT2D eigenvalue weighted by atomic mass is 10.2. The minimum Gasteiger partial charge on any atom is -0.467 e. The van der Waals surface area contributed by atoms with Crippen LogP contribution in [0.25, 0.3) is 0 Å².